The SMILES string of the molecule is COCCCNC(=O)c1ccncc1F. The predicted molar refractivity (Wildman–Crippen MR) is 53.0 cm³/mol. The van der Waals surface area contributed by atoms with Gasteiger partial charge in [-0.25, -0.2) is 4.39 Å². The fourth-order valence-electron chi connectivity index (χ4n) is 1.07. The van der Waals surface area contributed by atoms with Crippen LogP contribution in [0.2, 0.25) is 0 Å². The lowest BCUT2D eigenvalue weighted by Crippen LogP contribution is -2.26. The molecular weight excluding hydrogens is 199 g/mol. The predicted octanol–water partition coefficient (Wildman–Crippen LogP) is 0.987. The molecule has 1 amide bonds. The molecule has 1 N–H and O–H groups in total. The van der Waals surface area contributed by atoms with E-state index in [0.29, 0.717) is 19.6 Å². The zero-order valence-corrected chi connectivity index (χ0v) is 8.50. The van der Waals surface area contributed by atoms with E-state index in [9.17, 15) is 9.18 Å². The van der Waals surface area contributed by atoms with Crippen molar-refractivity contribution in [1.82, 2.24) is 10.3 Å². The molecule has 1 rings (SSSR count). The van der Waals surface area contributed by atoms with E-state index in [1.165, 1.54) is 12.3 Å². The van der Waals surface area contributed by atoms with Crippen molar-refractivity contribution in [3.63, 3.8) is 0 Å². The highest BCUT2D eigenvalue weighted by molar-refractivity contribution is 5.94. The van der Waals surface area contributed by atoms with Crippen LogP contribution in [0.5, 0.6) is 0 Å². The lowest BCUT2D eigenvalue weighted by Gasteiger charge is -2.04. The molecule has 1 aromatic rings. The van der Waals surface area contributed by atoms with Crippen molar-refractivity contribution in [2.24, 2.45) is 0 Å². The molecule has 0 saturated heterocycles. The molecule has 0 atom stereocenters. The molecule has 0 radical (unpaired) electrons. The molecular formula is C10H13FN2O2. The van der Waals surface area contributed by atoms with Gasteiger partial charge in [0.1, 0.15) is 0 Å². The van der Waals surface area contributed by atoms with Crippen molar-refractivity contribution in [2.45, 2.75) is 6.42 Å². The molecule has 0 aliphatic heterocycles. The minimum Gasteiger partial charge on any atom is -0.385 e. The van der Waals surface area contributed by atoms with Crippen molar-refractivity contribution in [3.05, 3.63) is 29.8 Å². The van der Waals surface area contributed by atoms with E-state index in [1.54, 1.807) is 7.11 Å². The summed E-state index contributed by atoms with van der Waals surface area (Å²) in [5, 5.41) is 2.59. The highest BCUT2D eigenvalue weighted by atomic mass is 19.1. The number of aromatic nitrogens is 1. The van der Waals surface area contributed by atoms with Crippen LogP contribution >= 0.6 is 0 Å². The molecule has 5 heteroatoms. The summed E-state index contributed by atoms with van der Waals surface area (Å²) < 4.78 is 17.9. The van der Waals surface area contributed by atoms with E-state index < -0.39 is 11.7 Å². The van der Waals surface area contributed by atoms with Crippen molar-refractivity contribution in [2.75, 3.05) is 20.3 Å². The highest BCUT2D eigenvalue weighted by Crippen LogP contribution is 2.03. The van der Waals surface area contributed by atoms with Crippen molar-refractivity contribution in [1.29, 1.82) is 0 Å². The molecule has 1 heterocycles. The van der Waals surface area contributed by atoms with Gasteiger partial charge >= 0.3 is 0 Å². The molecule has 0 aromatic carbocycles. The number of ether oxygens (including phenoxy) is 1. The molecule has 15 heavy (non-hydrogen) atoms. The molecule has 0 fully saturated rings. The van der Waals surface area contributed by atoms with Gasteiger partial charge in [-0.3, -0.25) is 9.78 Å². The fraction of sp³-hybridized carbons (Fsp3) is 0.400. The minimum atomic E-state index is -0.609. The molecule has 0 unspecified atom stereocenters. The number of nitrogens with one attached hydrogen (secondary N) is 1. The number of amides is 1. The average Bonchev–Trinajstić information content (AvgIpc) is 2.25. The minimum absolute atomic E-state index is 0.0161. The summed E-state index contributed by atoms with van der Waals surface area (Å²) in [6.45, 7) is 1.04. The molecule has 1 aromatic heterocycles. The summed E-state index contributed by atoms with van der Waals surface area (Å²) in [5.41, 5.74) is 0.0161. The molecule has 0 saturated carbocycles. The van der Waals surface area contributed by atoms with Crippen molar-refractivity contribution >= 4 is 5.91 Å². The molecule has 0 spiro atoms. The maximum absolute atomic E-state index is 13.1. The number of carbonyl (C=O) groups is 1. The molecule has 0 bridgehead atoms. The Morgan fingerprint density at radius 2 is 2.47 bits per heavy atom. The van der Waals surface area contributed by atoms with Gasteiger partial charge in [-0.15, -0.1) is 0 Å². The fourth-order valence-corrected chi connectivity index (χ4v) is 1.07. The van der Waals surface area contributed by atoms with E-state index in [-0.39, 0.29) is 5.56 Å². The Kier molecular flexibility index (Phi) is 4.70. The molecule has 0 aliphatic rings. The van der Waals surface area contributed by atoms with E-state index in [1.807, 2.05) is 0 Å². The van der Waals surface area contributed by atoms with Gasteiger partial charge in [-0.1, -0.05) is 0 Å². The quantitative estimate of drug-likeness (QED) is 0.740. The van der Waals surface area contributed by atoms with Gasteiger partial charge in [0.15, 0.2) is 5.82 Å². The number of carbonyl (C=O) groups excluding carboxylic acids is 1. The maximum atomic E-state index is 13.1. The number of hydrogen-bond donors (Lipinski definition) is 1. The Hall–Kier alpha value is -1.49. The van der Waals surface area contributed by atoms with Gasteiger partial charge in [0.2, 0.25) is 0 Å². The van der Waals surface area contributed by atoms with E-state index in [4.69, 9.17) is 4.74 Å². The molecule has 82 valence electrons. The van der Waals surface area contributed by atoms with Crippen LogP contribution in [-0.4, -0.2) is 31.2 Å². The van der Waals surface area contributed by atoms with Crippen LogP contribution in [0, 0.1) is 5.82 Å². The van der Waals surface area contributed by atoms with Crippen LogP contribution in [0.25, 0.3) is 0 Å². The first-order chi connectivity index (χ1) is 7.25. The van der Waals surface area contributed by atoms with Crippen LogP contribution in [0.1, 0.15) is 16.8 Å². The maximum Gasteiger partial charge on any atom is 0.254 e. The highest BCUT2D eigenvalue weighted by Gasteiger charge is 2.09. The van der Waals surface area contributed by atoms with Crippen molar-refractivity contribution in [3.8, 4) is 0 Å². The smallest absolute Gasteiger partial charge is 0.254 e. The number of methoxy groups -OCH3 is 1. The van der Waals surface area contributed by atoms with Crippen LogP contribution in [0.4, 0.5) is 4.39 Å². The van der Waals surface area contributed by atoms with Crippen molar-refractivity contribution < 1.29 is 13.9 Å². The van der Waals surface area contributed by atoms with Crippen LogP contribution in [0.15, 0.2) is 18.5 Å². The Morgan fingerprint density at radius 1 is 1.67 bits per heavy atom. The van der Waals surface area contributed by atoms with E-state index in [2.05, 4.69) is 10.3 Å². The topological polar surface area (TPSA) is 51.2 Å². The summed E-state index contributed by atoms with van der Waals surface area (Å²) in [6.07, 6.45) is 3.10. The molecule has 4 nitrogen and oxygen atoms in total. The zero-order valence-electron chi connectivity index (χ0n) is 8.50. The lowest BCUT2D eigenvalue weighted by molar-refractivity contribution is 0.0944. The first-order valence-electron chi connectivity index (χ1n) is 4.62. The third-order valence-corrected chi connectivity index (χ3v) is 1.83. The Labute approximate surface area is 87.5 Å². The summed E-state index contributed by atoms with van der Waals surface area (Å²) in [6, 6.07) is 1.35. The lowest BCUT2D eigenvalue weighted by atomic mass is 10.2. The first kappa shape index (κ1) is 11.6. The van der Waals surface area contributed by atoms with Crippen LogP contribution in [0.3, 0.4) is 0 Å². The van der Waals surface area contributed by atoms with Gasteiger partial charge in [0, 0.05) is 26.5 Å². The second kappa shape index (κ2) is 6.08. The average molecular weight is 212 g/mol. The van der Waals surface area contributed by atoms with Gasteiger partial charge in [-0.05, 0) is 12.5 Å². The largest absolute Gasteiger partial charge is 0.385 e. The zero-order chi connectivity index (χ0) is 11.1. The number of nitrogens with zero attached hydrogens (tertiary/aromatic N) is 1. The third kappa shape index (κ3) is 3.63. The number of hydrogen-bond acceptors (Lipinski definition) is 3. The number of pyridine rings is 1. The Bertz CT molecular complexity index is 331. The summed E-state index contributed by atoms with van der Waals surface area (Å²) in [7, 11) is 1.59. The summed E-state index contributed by atoms with van der Waals surface area (Å²) in [4.78, 5) is 15.0. The van der Waals surface area contributed by atoms with Crippen LogP contribution in [-0.2, 0) is 4.74 Å². The Morgan fingerprint density at radius 3 is 3.13 bits per heavy atom. The molecule has 0 aliphatic carbocycles. The van der Waals surface area contributed by atoms with Gasteiger partial charge < -0.3 is 10.1 Å². The standard InChI is InChI=1S/C10H13FN2O2/c1-15-6-2-4-13-10(14)8-3-5-12-7-9(8)11/h3,5,7H,2,4,6H2,1H3,(H,13,14). The number of halogens is 1. The van der Waals surface area contributed by atoms with Gasteiger partial charge in [0.25, 0.3) is 5.91 Å². The van der Waals surface area contributed by atoms with Crippen LogP contribution < -0.4 is 5.32 Å². The summed E-state index contributed by atoms with van der Waals surface area (Å²) >= 11 is 0. The van der Waals surface area contributed by atoms with Gasteiger partial charge in [-0.2, -0.15) is 0 Å². The Balaban J connectivity index is 2.44. The first-order valence-corrected chi connectivity index (χ1v) is 4.62. The van der Waals surface area contributed by atoms with E-state index >= 15 is 0 Å². The number of rotatable bonds is 5. The van der Waals surface area contributed by atoms with E-state index in [0.717, 1.165) is 6.20 Å². The normalized spacial score (nSPS) is 10.0. The second-order valence-electron chi connectivity index (χ2n) is 2.96. The third-order valence-electron chi connectivity index (χ3n) is 1.83. The van der Waals surface area contributed by atoms with Gasteiger partial charge in [0.05, 0.1) is 11.8 Å². The second-order valence-corrected chi connectivity index (χ2v) is 2.96. The monoisotopic (exact) mass is 212 g/mol. The summed E-state index contributed by atoms with van der Waals surface area (Å²) in [5.74, 6) is -1.03.